The molecule has 0 spiro atoms. The van der Waals surface area contributed by atoms with Gasteiger partial charge in [0, 0.05) is 37.3 Å². The number of hydrogen-bond acceptors (Lipinski definition) is 10. The van der Waals surface area contributed by atoms with Crippen molar-refractivity contribution in [1.29, 1.82) is 0 Å². The number of rotatable bonds is 13. The minimum Gasteiger partial charge on any atom is -0.472 e. The maximum atomic E-state index is 14.4. The molecule has 1 saturated heterocycles. The Labute approximate surface area is 303 Å². The molecule has 4 amide bonds. The van der Waals surface area contributed by atoms with Crippen LogP contribution in [-0.4, -0.2) is 89.0 Å². The molecule has 1 aromatic carbocycles. The van der Waals surface area contributed by atoms with Gasteiger partial charge in [-0.05, 0) is 77.5 Å². The van der Waals surface area contributed by atoms with Crippen molar-refractivity contribution < 1.29 is 41.9 Å². The number of carbonyl (C=O) groups is 5. The highest BCUT2D eigenvalue weighted by Gasteiger charge is 2.53. The van der Waals surface area contributed by atoms with E-state index in [2.05, 4.69) is 26.9 Å². The molecule has 2 saturated carbocycles. The summed E-state index contributed by atoms with van der Waals surface area (Å²) in [4.78, 5) is 73.3. The number of ether oxygens (including phenoxy) is 2. The summed E-state index contributed by atoms with van der Waals surface area (Å²) in [6, 6.07) is 6.80. The predicted molar refractivity (Wildman–Crippen MR) is 192 cm³/mol. The number of likely N-dealkylation sites (tertiary alicyclic amines) is 1. The van der Waals surface area contributed by atoms with Crippen LogP contribution < -0.4 is 20.1 Å². The second-order valence-corrected chi connectivity index (χ2v) is 17.1. The zero-order valence-corrected chi connectivity index (χ0v) is 31.0. The highest BCUT2D eigenvalue weighted by molar-refractivity contribution is 7.91. The lowest BCUT2D eigenvalue weighted by Gasteiger charge is -2.43. The Hall–Kier alpha value is -4.79. The number of fused-ring (bicyclic) bond motifs is 1. The maximum Gasteiger partial charge on any atom is 0.408 e. The van der Waals surface area contributed by atoms with Crippen LogP contribution in [0.15, 0.2) is 60.3 Å². The number of benzene rings is 1. The van der Waals surface area contributed by atoms with Gasteiger partial charge in [-0.1, -0.05) is 35.9 Å². The fourth-order valence-electron chi connectivity index (χ4n) is 6.42. The maximum absolute atomic E-state index is 14.4. The number of hydrogen-bond donors (Lipinski definition) is 3. The lowest BCUT2D eigenvalue weighted by atomic mass is 9.72. The van der Waals surface area contributed by atoms with Crippen molar-refractivity contribution in [2.75, 3.05) is 6.54 Å². The molecule has 280 valence electrons. The number of nitrogens with one attached hydrogen (secondary N) is 3. The molecule has 5 rings (SSSR count). The second-order valence-electron chi connectivity index (χ2n) is 15.1. The van der Waals surface area contributed by atoms with Gasteiger partial charge in [0.2, 0.25) is 27.7 Å². The van der Waals surface area contributed by atoms with Crippen molar-refractivity contribution in [3.8, 4) is 5.88 Å². The lowest BCUT2D eigenvalue weighted by Crippen LogP contribution is -2.66. The summed E-state index contributed by atoms with van der Waals surface area (Å²) < 4.78 is 39.2. The summed E-state index contributed by atoms with van der Waals surface area (Å²) >= 11 is 0. The van der Waals surface area contributed by atoms with Crippen molar-refractivity contribution in [1.82, 2.24) is 25.2 Å². The molecule has 2 heterocycles. The Kier molecular flexibility index (Phi) is 11.1. The molecule has 1 aliphatic heterocycles. The van der Waals surface area contributed by atoms with E-state index in [4.69, 9.17) is 9.47 Å². The molecule has 2 aromatic rings. The fraction of sp³-hybridized carbons (Fsp3) is 0.514. The Balaban J connectivity index is 1.44. The topological polar surface area (TPSA) is 190 Å². The molecule has 2 aliphatic carbocycles. The first-order valence-electron chi connectivity index (χ1n) is 17.4. The number of amides is 4. The second kappa shape index (κ2) is 15.1. The molecule has 52 heavy (non-hydrogen) atoms. The van der Waals surface area contributed by atoms with Crippen LogP contribution >= 0.6 is 0 Å². The quantitative estimate of drug-likeness (QED) is 0.202. The monoisotopic (exact) mass is 737 g/mol. The van der Waals surface area contributed by atoms with Gasteiger partial charge in [0.1, 0.15) is 29.3 Å². The molecule has 14 nitrogen and oxygen atoms in total. The highest BCUT2D eigenvalue weighted by Crippen LogP contribution is 2.38. The molecule has 3 N–H and O–H groups in total. The molecular weight excluding hydrogens is 691 g/mol. The SMILES string of the molecule is C=C1CC(NC(=O)[C@@H]2C[C@@H](Oc3nccc4ccccc34)CN2C(=O)[C@H](CCC(=O)C=C(C)C)NC(=O)OC(C)(C)C)(C(=O)NS(=O)(=O)C2CC2)C1. The smallest absolute Gasteiger partial charge is 0.408 e. The molecule has 15 heteroatoms. The molecule has 1 aromatic heterocycles. The third-order valence-corrected chi connectivity index (χ3v) is 10.8. The van der Waals surface area contributed by atoms with Crippen molar-refractivity contribution in [2.45, 2.75) is 114 Å². The Morgan fingerprint density at radius 1 is 1.10 bits per heavy atom. The van der Waals surface area contributed by atoms with Crippen LogP contribution in [0.25, 0.3) is 10.8 Å². The largest absolute Gasteiger partial charge is 0.472 e. The summed E-state index contributed by atoms with van der Waals surface area (Å²) in [6.45, 7) is 12.3. The van der Waals surface area contributed by atoms with E-state index in [0.717, 1.165) is 16.3 Å². The van der Waals surface area contributed by atoms with Crippen molar-refractivity contribution >= 4 is 50.4 Å². The lowest BCUT2D eigenvalue weighted by molar-refractivity contribution is -0.142. The fourth-order valence-corrected chi connectivity index (χ4v) is 7.80. The van der Waals surface area contributed by atoms with Crippen LogP contribution in [0.4, 0.5) is 4.79 Å². The first kappa shape index (κ1) is 38.4. The van der Waals surface area contributed by atoms with Crippen LogP contribution in [0.2, 0.25) is 0 Å². The third kappa shape index (κ3) is 9.35. The van der Waals surface area contributed by atoms with E-state index in [0.29, 0.717) is 24.3 Å². The number of aromatic nitrogens is 1. The molecule has 0 radical (unpaired) electrons. The standard InChI is InChI=1S/C37H47N5O9S/c1-22(2)17-25(43)11-14-29(39-35(47)51-36(4,5)6)33(45)42-21-26(50-32-28-10-8-7-9-24(28)15-16-38-32)18-30(42)31(44)40-37(19-23(3)20-37)34(46)41-52(48,49)27-12-13-27/h7-10,15-17,26-27,29-30H,3,11-14,18-21H2,1-2,4-6H3,(H,39,47)(H,40,44)(H,41,46)/t26-,29+,30+/m1/s1. The van der Waals surface area contributed by atoms with E-state index in [1.54, 1.807) is 40.8 Å². The van der Waals surface area contributed by atoms with Gasteiger partial charge in [-0.15, -0.1) is 0 Å². The van der Waals surface area contributed by atoms with Gasteiger partial charge < -0.3 is 25.0 Å². The van der Waals surface area contributed by atoms with Crippen LogP contribution in [0.5, 0.6) is 5.88 Å². The van der Waals surface area contributed by atoms with Crippen LogP contribution in [0.3, 0.4) is 0 Å². The van der Waals surface area contributed by atoms with E-state index in [1.165, 1.54) is 11.0 Å². The zero-order valence-electron chi connectivity index (χ0n) is 30.2. The average Bonchev–Trinajstić information content (AvgIpc) is 3.82. The first-order chi connectivity index (χ1) is 24.4. The minimum atomic E-state index is -3.92. The van der Waals surface area contributed by atoms with Crippen LogP contribution in [-0.2, 0) is 33.9 Å². The van der Waals surface area contributed by atoms with Gasteiger partial charge >= 0.3 is 6.09 Å². The van der Waals surface area contributed by atoms with Crippen LogP contribution in [0.1, 0.15) is 79.6 Å². The number of allylic oxidation sites excluding steroid dienone is 2. The van der Waals surface area contributed by atoms with Gasteiger partial charge in [-0.25, -0.2) is 18.2 Å². The number of nitrogens with zero attached hydrogens (tertiary/aromatic N) is 2. The van der Waals surface area contributed by atoms with Gasteiger partial charge in [0.15, 0.2) is 5.78 Å². The predicted octanol–water partition coefficient (Wildman–Crippen LogP) is 3.61. The Morgan fingerprint density at radius 3 is 2.42 bits per heavy atom. The average molecular weight is 738 g/mol. The highest BCUT2D eigenvalue weighted by atomic mass is 32.2. The van der Waals surface area contributed by atoms with E-state index in [-0.39, 0.29) is 44.4 Å². The van der Waals surface area contributed by atoms with Crippen LogP contribution in [0, 0.1) is 0 Å². The minimum absolute atomic E-state index is 0.0145. The molecule has 3 fully saturated rings. The Bertz CT molecular complexity index is 1900. The van der Waals surface area contributed by atoms with Gasteiger partial charge in [0.05, 0.1) is 11.8 Å². The number of alkyl carbamates (subject to hydrolysis) is 1. The molecule has 0 unspecified atom stereocenters. The summed E-state index contributed by atoms with van der Waals surface area (Å²) in [7, 11) is -3.92. The third-order valence-electron chi connectivity index (χ3n) is 8.98. The van der Waals surface area contributed by atoms with Gasteiger partial charge in [-0.3, -0.25) is 23.9 Å². The van der Waals surface area contributed by atoms with Crippen molar-refractivity contribution in [3.05, 3.63) is 60.3 Å². The number of sulfonamides is 1. The normalized spacial score (nSPS) is 20.2. The van der Waals surface area contributed by atoms with E-state index >= 15 is 0 Å². The summed E-state index contributed by atoms with van der Waals surface area (Å²) in [5, 5.41) is 6.27. The van der Waals surface area contributed by atoms with Crippen molar-refractivity contribution in [2.24, 2.45) is 0 Å². The first-order valence-corrected chi connectivity index (χ1v) is 18.9. The molecule has 3 atom stereocenters. The Morgan fingerprint density at radius 2 is 1.79 bits per heavy atom. The summed E-state index contributed by atoms with van der Waals surface area (Å²) in [6.07, 6.45) is 2.14. The summed E-state index contributed by atoms with van der Waals surface area (Å²) in [5.41, 5.74) is -1.06. The van der Waals surface area contributed by atoms with Gasteiger partial charge in [0.25, 0.3) is 5.91 Å². The van der Waals surface area contributed by atoms with Crippen molar-refractivity contribution in [3.63, 3.8) is 0 Å². The zero-order chi connectivity index (χ0) is 38.0. The number of carbonyl (C=O) groups excluding carboxylic acids is 5. The van der Waals surface area contributed by atoms with E-state index in [1.807, 2.05) is 30.3 Å². The number of pyridine rings is 1. The molecule has 0 bridgehead atoms. The van der Waals surface area contributed by atoms with Gasteiger partial charge in [-0.2, -0.15) is 0 Å². The van der Waals surface area contributed by atoms with E-state index in [9.17, 15) is 32.4 Å². The molecule has 3 aliphatic rings. The van der Waals surface area contributed by atoms with E-state index < -0.39 is 68.4 Å². The summed E-state index contributed by atoms with van der Waals surface area (Å²) in [5.74, 6) is -2.20. The molecular formula is C37H47N5O9S. The number of ketones is 1.